The number of anilines is 1. The second-order valence-electron chi connectivity index (χ2n) is 7.44. The second kappa shape index (κ2) is 10.7. The van der Waals surface area contributed by atoms with Gasteiger partial charge in [0.05, 0.1) is 0 Å². The molecule has 0 saturated carbocycles. The number of rotatable bonds is 7. The average Bonchev–Trinajstić information content (AvgIpc) is 2.65. The van der Waals surface area contributed by atoms with Gasteiger partial charge in [0.2, 0.25) is 0 Å². The van der Waals surface area contributed by atoms with Gasteiger partial charge in [-0.25, -0.2) is 0 Å². The van der Waals surface area contributed by atoms with Crippen molar-refractivity contribution in [1.29, 1.82) is 0 Å². The van der Waals surface area contributed by atoms with Crippen LogP contribution in [0.5, 0.6) is 5.75 Å². The van der Waals surface area contributed by atoms with Crippen LogP contribution in [0.2, 0.25) is 0 Å². The number of carbonyl (C=O) groups is 2. The maximum atomic E-state index is 12.3. The van der Waals surface area contributed by atoms with E-state index in [-0.39, 0.29) is 29.6 Å². The molecular formula is C21H28ClN3O3. The standard InChI is InChI=1S/C21H27N3O3.ClH/c1-21(2,3)14-23-19(25)15-4-6-16(7-5-15)20(26)24-17-8-10-18(11-9-17)27-13-12-22;/h4-11H,12-14,22H2,1-3H3,(H,23,25)(H,24,26);1H. The molecule has 28 heavy (non-hydrogen) atoms. The lowest BCUT2D eigenvalue weighted by Crippen LogP contribution is -2.32. The molecular weight excluding hydrogens is 378 g/mol. The van der Waals surface area contributed by atoms with Gasteiger partial charge in [0, 0.05) is 29.9 Å². The van der Waals surface area contributed by atoms with Crippen molar-refractivity contribution in [2.45, 2.75) is 20.8 Å². The zero-order valence-electron chi connectivity index (χ0n) is 16.5. The summed E-state index contributed by atoms with van der Waals surface area (Å²) in [4.78, 5) is 24.5. The van der Waals surface area contributed by atoms with E-state index in [1.165, 1.54) is 0 Å². The number of carbonyl (C=O) groups excluding carboxylic acids is 2. The molecule has 0 heterocycles. The van der Waals surface area contributed by atoms with Gasteiger partial charge in [-0.1, -0.05) is 20.8 Å². The lowest BCUT2D eigenvalue weighted by molar-refractivity contribution is 0.0938. The van der Waals surface area contributed by atoms with E-state index in [1.807, 2.05) is 0 Å². The second-order valence-corrected chi connectivity index (χ2v) is 7.44. The van der Waals surface area contributed by atoms with E-state index in [9.17, 15) is 9.59 Å². The third-order valence-electron chi connectivity index (χ3n) is 3.69. The normalized spacial score (nSPS) is 10.6. The molecule has 0 fully saturated rings. The van der Waals surface area contributed by atoms with Crippen molar-refractivity contribution < 1.29 is 14.3 Å². The number of hydrogen-bond donors (Lipinski definition) is 3. The zero-order valence-corrected chi connectivity index (χ0v) is 17.3. The van der Waals surface area contributed by atoms with Gasteiger partial charge in [-0.15, -0.1) is 12.4 Å². The Kier molecular flexibility index (Phi) is 8.96. The Balaban J connectivity index is 0.00000392. The van der Waals surface area contributed by atoms with Gasteiger partial charge in [0.25, 0.3) is 11.8 Å². The Morgan fingerprint density at radius 2 is 1.46 bits per heavy atom. The SMILES string of the molecule is CC(C)(C)CNC(=O)c1ccc(C(=O)Nc2ccc(OCCN)cc2)cc1.Cl. The summed E-state index contributed by atoms with van der Waals surface area (Å²) in [5.41, 5.74) is 7.07. The van der Waals surface area contributed by atoms with Crippen molar-refractivity contribution >= 4 is 29.9 Å². The molecule has 2 aromatic rings. The Bertz CT molecular complexity index is 769. The lowest BCUT2D eigenvalue weighted by Gasteiger charge is -2.18. The minimum Gasteiger partial charge on any atom is -0.492 e. The monoisotopic (exact) mass is 405 g/mol. The minimum atomic E-state index is -0.243. The topological polar surface area (TPSA) is 93.5 Å². The number of hydrogen-bond acceptors (Lipinski definition) is 4. The number of ether oxygens (including phenoxy) is 1. The Hall–Kier alpha value is -2.57. The van der Waals surface area contributed by atoms with E-state index in [0.717, 1.165) is 0 Å². The summed E-state index contributed by atoms with van der Waals surface area (Å²) >= 11 is 0. The third kappa shape index (κ3) is 7.58. The summed E-state index contributed by atoms with van der Waals surface area (Å²) in [5, 5.41) is 5.70. The molecule has 0 aromatic heterocycles. The van der Waals surface area contributed by atoms with Crippen LogP contribution in [0.3, 0.4) is 0 Å². The summed E-state index contributed by atoms with van der Waals surface area (Å²) < 4.78 is 5.40. The molecule has 0 saturated heterocycles. The summed E-state index contributed by atoms with van der Waals surface area (Å²) in [7, 11) is 0. The molecule has 0 aliphatic heterocycles. The number of nitrogens with two attached hydrogens (primary N) is 1. The Labute approximate surface area is 172 Å². The molecule has 0 atom stereocenters. The largest absolute Gasteiger partial charge is 0.492 e. The fourth-order valence-electron chi connectivity index (χ4n) is 2.24. The molecule has 0 aliphatic rings. The van der Waals surface area contributed by atoms with E-state index in [2.05, 4.69) is 31.4 Å². The number of benzene rings is 2. The number of amides is 2. The zero-order chi connectivity index (χ0) is 19.9. The van der Waals surface area contributed by atoms with Gasteiger partial charge in [-0.05, 0) is 53.9 Å². The van der Waals surface area contributed by atoms with E-state index in [4.69, 9.17) is 10.5 Å². The van der Waals surface area contributed by atoms with Crippen molar-refractivity contribution in [3.63, 3.8) is 0 Å². The Morgan fingerprint density at radius 3 is 1.96 bits per heavy atom. The predicted molar refractivity (Wildman–Crippen MR) is 114 cm³/mol. The molecule has 2 rings (SSSR count). The van der Waals surface area contributed by atoms with Gasteiger partial charge in [0.1, 0.15) is 12.4 Å². The molecule has 152 valence electrons. The van der Waals surface area contributed by atoms with E-state index < -0.39 is 0 Å². The van der Waals surface area contributed by atoms with Crippen molar-refractivity contribution in [3.05, 3.63) is 59.7 Å². The van der Waals surface area contributed by atoms with Crippen molar-refractivity contribution in [1.82, 2.24) is 5.32 Å². The van der Waals surface area contributed by atoms with Crippen LogP contribution in [0.4, 0.5) is 5.69 Å². The summed E-state index contributed by atoms with van der Waals surface area (Å²) in [6.45, 7) is 7.63. The lowest BCUT2D eigenvalue weighted by atomic mass is 9.97. The molecule has 0 radical (unpaired) electrons. The highest BCUT2D eigenvalue weighted by Crippen LogP contribution is 2.17. The van der Waals surface area contributed by atoms with Gasteiger partial charge >= 0.3 is 0 Å². The molecule has 2 amide bonds. The van der Waals surface area contributed by atoms with Gasteiger partial charge in [-0.3, -0.25) is 9.59 Å². The number of halogens is 1. The van der Waals surface area contributed by atoms with Crippen LogP contribution in [0.1, 0.15) is 41.5 Å². The predicted octanol–water partition coefficient (Wildman–Crippen LogP) is 3.47. The number of nitrogens with one attached hydrogen (secondary N) is 2. The van der Waals surface area contributed by atoms with Crippen LogP contribution in [0.25, 0.3) is 0 Å². The summed E-state index contributed by atoms with van der Waals surface area (Å²) in [5.74, 6) is 0.307. The maximum Gasteiger partial charge on any atom is 0.255 e. The molecule has 0 spiro atoms. The molecule has 6 nitrogen and oxygen atoms in total. The quantitative estimate of drug-likeness (QED) is 0.657. The van der Waals surface area contributed by atoms with Crippen LogP contribution in [0, 0.1) is 5.41 Å². The van der Waals surface area contributed by atoms with Gasteiger partial charge in [-0.2, -0.15) is 0 Å². The van der Waals surface area contributed by atoms with Crippen LogP contribution in [0.15, 0.2) is 48.5 Å². The first-order valence-corrected chi connectivity index (χ1v) is 8.91. The highest BCUT2D eigenvalue weighted by molar-refractivity contribution is 6.05. The smallest absolute Gasteiger partial charge is 0.255 e. The van der Waals surface area contributed by atoms with E-state index in [1.54, 1.807) is 48.5 Å². The Morgan fingerprint density at radius 1 is 0.929 bits per heavy atom. The summed E-state index contributed by atoms with van der Waals surface area (Å²) in [6.07, 6.45) is 0. The third-order valence-corrected chi connectivity index (χ3v) is 3.69. The highest BCUT2D eigenvalue weighted by Gasteiger charge is 2.14. The first-order chi connectivity index (χ1) is 12.8. The average molecular weight is 406 g/mol. The fourth-order valence-corrected chi connectivity index (χ4v) is 2.24. The van der Waals surface area contributed by atoms with Crippen LogP contribution in [-0.2, 0) is 0 Å². The molecule has 0 unspecified atom stereocenters. The first-order valence-electron chi connectivity index (χ1n) is 8.91. The maximum absolute atomic E-state index is 12.3. The van der Waals surface area contributed by atoms with Crippen LogP contribution < -0.4 is 21.1 Å². The van der Waals surface area contributed by atoms with Gasteiger partial charge in [0.15, 0.2) is 0 Å². The van der Waals surface area contributed by atoms with Crippen LogP contribution >= 0.6 is 12.4 Å². The fraction of sp³-hybridized carbons (Fsp3) is 0.333. The molecule has 2 aromatic carbocycles. The van der Waals surface area contributed by atoms with E-state index >= 15 is 0 Å². The molecule has 0 bridgehead atoms. The highest BCUT2D eigenvalue weighted by atomic mass is 35.5. The molecule has 7 heteroatoms. The van der Waals surface area contributed by atoms with Crippen molar-refractivity contribution in [3.8, 4) is 5.75 Å². The van der Waals surface area contributed by atoms with E-state index in [0.29, 0.717) is 42.3 Å². The van der Waals surface area contributed by atoms with Crippen molar-refractivity contribution in [2.75, 3.05) is 25.0 Å². The molecule has 0 aliphatic carbocycles. The van der Waals surface area contributed by atoms with Crippen molar-refractivity contribution in [2.24, 2.45) is 11.1 Å². The summed E-state index contributed by atoms with van der Waals surface area (Å²) in [6, 6.07) is 13.6. The minimum absolute atomic E-state index is 0. The molecule has 4 N–H and O–H groups in total. The first kappa shape index (κ1) is 23.5. The van der Waals surface area contributed by atoms with Gasteiger partial charge < -0.3 is 21.1 Å². The van der Waals surface area contributed by atoms with Crippen LogP contribution in [-0.4, -0.2) is 31.5 Å².